The van der Waals surface area contributed by atoms with Crippen molar-refractivity contribution in [3.05, 3.63) is 71.8 Å². The first kappa shape index (κ1) is 22.6. The van der Waals surface area contributed by atoms with Crippen molar-refractivity contribution < 1.29 is 14.7 Å². The summed E-state index contributed by atoms with van der Waals surface area (Å²) in [6.07, 6.45) is 1.76. The fraction of sp³-hybridized carbons (Fsp3) is 0.462. The van der Waals surface area contributed by atoms with Crippen molar-refractivity contribution in [3.63, 3.8) is 0 Å². The van der Waals surface area contributed by atoms with E-state index < -0.39 is 11.5 Å². The second-order valence-electron chi connectivity index (χ2n) is 9.16. The number of β-amino-alcohol motifs (C(OH)–C–C–N with tert-alkyl or cyclic N) is 1. The van der Waals surface area contributed by atoms with Gasteiger partial charge in [-0.15, -0.1) is 0 Å². The molecule has 170 valence electrons. The molecule has 6 heteroatoms. The molecule has 32 heavy (non-hydrogen) atoms. The van der Waals surface area contributed by atoms with E-state index in [-0.39, 0.29) is 23.9 Å². The predicted molar refractivity (Wildman–Crippen MR) is 124 cm³/mol. The fourth-order valence-corrected chi connectivity index (χ4v) is 5.22. The number of nitrogens with two attached hydrogens (primary N) is 1. The second-order valence-corrected chi connectivity index (χ2v) is 9.16. The Hall–Kier alpha value is -2.54. The van der Waals surface area contributed by atoms with Gasteiger partial charge in [0.05, 0.1) is 6.10 Å². The van der Waals surface area contributed by atoms with Crippen LogP contribution in [0.15, 0.2) is 60.7 Å². The van der Waals surface area contributed by atoms with Gasteiger partial charge in [-0.25, -0.2) is 0 Å². The molecule has 2 fully saturated rings. The van der Waals surface area contributed by atoms with Crippen LogP contribution in [-0.2, 0) is 15.0 Å². The Labute approximate surface area is 190 Å². The van der Waals surface area contributed by atoms with E-state index in [0.29, 0.717) is 38.8 Å². The molecule has 0 aromatic heterocycles. The Morgan fingerprint density at radius 1 is 1.09 bits per heavy atom. The molecule has 3 unspecified atom stereocenters. The highest BCUT2D eigenvalue weighted by atomic mass is 16.3. The topological polar surface area (TPSA) is 86.9 Å². The number of aliphatic hydroxyl groups is 1. The summed E-state index contributed by atoms with van der Waals surface area (Å²) in [5.74, 6) is -0.253. The van der Waals surface area contributed by atoms with E-state index in [0.717, 1.165) is 17.7 Å². The van der Waals surface area contributed by atoms with E-state index in [1.165, 1.54) is 4.90 Å². The molecule has 0 saturated carbocycles. The van der Waals surface area contributed by atoms with Crippen molar-refractivity contribution in [2.45, 2.75) is 56.2 Å². The number of hydrogen-bond acceptors (Lipinski definition) is 5. The van der Waals surface area contributed by atoms with Crippen LogP contribution in [0.5, 0.6) is 0 Å². The van der Waals surface area contributed by atoms with Gasteiger partial charge in [0.25, 0.3) is 0 Å². The van der Waals surface area contributed by atoms with E-state index in [4.69, 9.17) is 5.73 Å². The average molecular weight is 436 g/mol. The van der Waals surface area contributed by atoms with Gasteiger partial charge in [0.2, 0.25) is 11.8 Å². The summed E-state index contributed by atoms with van der Waals surface area (Å²) in [7, 11) is 0. The Kier molecular flexibility index (Phi) is 6.74. The zero-order chi connectivity index (χ0) is 22.7. The first-order chi connectivity index (χ1) is 15.4. The highest BCUT2D eigenvalue weighted by molar-refractivity contribution is 6.03. The third kappa shape index (κ3) is 4.22. The molecule has 2 saturated heterocycles. The highest BCUT2D eigenvalue weighted by Crippen LogP contribution is 2.41. The Balaban J connectivity index is 1.79. The van der Waals surface area contributed by atoms with E-state index >= 15 is 0 Å². The lowest BCUT2D eigenvalue weighted by molar-refractivity contribution is -0.145. The van der Waals surface area contributed by atoms with Gasteiger partial charge in [0.1, 0.15) is 5.41 Å². The fourth-order valence-electron chi connectivity index (χ4n) is 5.22. The minimum Gasteiger partial charge on any atom is -0.390 e. The van der Waals surface area contributed by atoms with Gasteiger partial charge >= 0.3 is 0 Å². The van der Waals surface area contributed by atoms with E-state index in [2.05, 4.69) is 11.8 Å². The molecular formula is C26H33N3O3. The number of aliphatic hydroxyl groups excluding tert-OH is 1. The number of carbonyl (C=O) groups is 2. The third-order valence-electron chi connectivity index (χ3n) is 7.11. The summed E-state index contributed by atoms with van der Waals surface area (Å²) in [5.41, 5.74) is 6.80. The van der Waals surface area contributed by atoms with Crippen LogP contribution in [0.4, 0.5) is 0 Å². The summed E-state index contributed by atoms with van der Waals surface area (Å²) in [6.45, 7) is 3.82. The minimum atomic E-state index is -0.994. The molecule has 2 aromatic carbocycles. The van der Waals surface area contributed by atoms with Gasteiger partial charge in [-0.05, 0) is 37.3 Å². The standard InChI is InChI=1S/C26H33N3O3/c1-19(28-16-14-22(27)23(30)18-28)17-26(20-9-4-2-5-10-20,21-11-6-3-7-12-21)25(32)29-15-8-13-24(29)31/h2-7,9-12,19,22-23,30H,8,13-18,27H2,1H3. The van der Waals surface area contributed by atoms with Crippen LogP contribution < -0.4 is 5.73 Å². The molecule has 2 aliphatic rings. The third-order valence-corrected chi connectivity index (χ3v) is 7.11. The van der Waals surface area contributed by atoms with Gasteiger partial charge < -0.3 is 10.8 Å². The van der Waals surface area contributed by atoms with Crippen LogP contribution in [-0.4, -0.2) is 64.5 Å². The number of imide groups is 1. The number of nitrogens with zero attached hydrogens (tertiary/aromatic N) is 2. The number of likely N-dealkylation sites (tertiary alicyclic amines) is 2. The van der Waals surface area contributed by atoms with Gasteiger partial charge in [-0.2, -0.15) is 0 Å². The summed E-state index contributed by atoms with van der Waals surface area (Å²) in [4.78, 5) is 30.5. The molecule has 2 aromatic rings. The Bertz CT molecular complexity index is 894. The zero-order valence-electron chi connectivity index (χ0n) is 18.7. The lowest BCUT2D eigenvalue weighted by Crippen LogP contribution is -2.56. The quantitative estimate of drug-likeness (QED) is 0.727. The van der Waals surface area contributed by atoms with Crippen molar-refractivity contribution in [2.24, 2.45) is 5.73 Å². The average Bonchev–Trinajstić information content (AvgIpc) is 3.25. The molecule has 6 nitrogen and oxygen atoms in total. The molecule has 3 N–H and O–H groups in total. The van der Waals surface area contributed by atoms with Crippen molar-refractivity contribution in [1.82, 2.24) is 9.80 Å². The summed E-state index contributed by atoms with van der Waals surface area (Å²) in [6, 6.07) is 19.4. The monoisotopic (exact) mass is 435 g/mol. The lowest BCUT2D eigenvalue weighted by Gasteiger charge is -2.43. The zero-order valence-corrected chi connectivity index (χ0v) is 18.7. The first-order valence-corrected chi connectivity index (χ1v) is 11.6. The van der Waals surface area contributed by atoms with Crippen LogP contribution in [0, 0.1) is 0 Å². The van der Waals surface area contributed by atoms with Gasteiger partial charge in [0.15, 0.2) is 0 Å². The SMILES string of the molecule is CC(CC(C(=O)N1CCCC1=O)(c1ccccc1)c1ccccc1)N1CCC(N)C(O)C1. The number of hydrogen-bond donors (Lipinski definition) is 2. The normalized spacial score (nSPS) is 23.3. The Morgan fingerprint density at radius 3 is 2.19 bits per heavy atom. The van der Waals surface area contributed by atoms with Crippen molar-refractivity contribution in [2.75, 3.05) is 19.6 Å². The summed E-state index contributed by atoms with van der Waals surface area (Å²) >= 11 is 0. The number of carbonyl (C=O) groups excluding carboxylic acids is 2. The molecular weight excluding hydrogens is 402 g/mol. The van der Waals surface area contributed by atoms with Crippen molar-refractivity contribution in [1.29, 1.82) is 0 Å². The van der Waals surface area contributed by atoms with Gasteiger partial charge in [-0.1, -0.05) is 60.7 Å². The van der Waals surface area contributed by atoms with E-state index in [1.807, 2.05) is 60.7 Å². The number of benzene rings is 2. The van der Waals surface area contributed by atoms with Crippen LogP contribution in [0.25, 0.3) is 0 Å². The molecule has 4 rings (SSSR count). The van der Waals surface area contributed by atoms with Crippen LogP contribution in [0.2, 0.25) is 0 Å². The summed E-state index contributed by atoms with van der Waals surface area (Å²) in [5, 5.41) is 10.4. The molecule has 0 aliphatic carbocycles. The van der Waals surface area contributed by atoms with Gasteiger partial charge in [-0.3, -0.25) is 19.4 Å². The molecule has 0 radical (unpaired) electrons. The maximum absolute atomic E-state index is 14.2. The number of piperidine rings is 1. The highest BCUT2D eigenvalue weighted by Gasteiger charge is 2.48. The number of rotatable bonds is 6. The molecule has 2 heterocycles. The first-order valence-electron chi connectivity index (χ1n) is 11.6. The van der Waals surface area contributed by atoms with Crippen LogP contribution in [0.3, 0.4) is 0 Å². The molecule has 0 bridgehead atoms. The lowest BCUT2D eigenvalue weighted by atomic mass is 9.69. The minimum absolute atomic E-state index is 0.000725. The predicted octanol–water partition coefficient (Wildman–Crippen LogP) is 2.29. The number of amides is 2. The molecule has 3 atom stereocenters. The molecule has 2 amide bonds. The van der Waals surface area contributed by atoms with Crippen molar-refractivity contribution in [3.8, 4) is 0 Å². The maximum atomic E-state index is 14.2. The van der Waals surface area contributed by atoms with Gasteiger partial charge in [0, 0.05) is 38.1 Å². The van der Waals surface area contributed by atoms with E-state index in [1.54, 1.807) is 0 Å². The largest absolute Gasteiger partial charge is 0.390 e. The van der Waals surface area contributed by atoms with E-state index in [9.17, 15) is 14.7 Å². The van der Waals surface area contributed by atoms with Crippen LogP contribution in [0.1, 0.15) is 43.7 Å². The second kappa shape index (κ2) is 9.53. The molecule has 2 aliphatic heterocycles. The smallest absolute Gasteiger partial charge is 0.244 e. The van der Waals surface area contributed by atoms with Crippen LogP contribution >= 0.6 is 0 Å². The van der Waals surface area contributed by atoms with Crippen molar-refractivity contribution >= 4 is 11.8 Å². The Morgan fingerprint density at radius 2 is 1.69 bits per heavy atom. The molecule has 0 spiro atoms. The maximum Gasteiger partial charge on any atom is 0.244 e. The summed E-state index contributed by atoms with van der Waals surface area (Å²) < 4.78 is 0.